The number of aromatic hydroxyl groups is 2. The van der Waals surface area contributed by atoms with Crippen LogP contribution in [0.15, 0.2) is 147 Å². The third kappa shape index (κ3) is 21.1. The maximum atomic E-state index is 14.6. The molecule has 368 valence electrons. The third-order valence-corrected chi connectivity index (χ3v) is 8.43. The van der Waals surface area contributed by atoms with Crippen molar-refractivity contribution in [2.45, 2.75) is 19.3 Å². The van der Waals surface area contributed by atoms with E-state index >= 15 is 0 Å². The molecule has 0 aromatic heterocycles. The fourth-order valence-corrected chi connectivity index (χ4v) is 4.96. The van der Waals surface area contributed by atoms with Gasteiger partial charge in [0, 0.05) is 49.6 Å². The van der Waals surface area contributed by atoms with Crippen molar-refractivity contribution in [2.24, 2.45) is 0 Å². The van der Waals surface area contributed by atoms with Gasteiger partial charge in [-0.25, -0.2) is 37.5 Å². The van der Waals surface area contributed by atoms with Crippen LogP contribution in [0.3, 0.4) is 0 Å². The third-order valence-electron chi connectivity index (χ3n) is 8.43. The normalized spacial score (nSPS) is 9.91. The Bertz CT molecular complexity index is 2540. The van der Waals surface area contributed by atoms with Gasteiger partial charge in [0.05, 0.1) is 56.3 Å². The van der Waals surface area contributed by atoms with E-state index in [2.05, 4.69) is 19.7 Å². The number of phenolic OH excluding ortho intramolecular Hbond substituents is 2. The summed E-state index contributed by atoms with van der Waals surface area (Å²) in [7, 11) is 0. The number of carboxylic acid groups (broad SMARTS) is 1. The molecule has 0 aliphatic carbocycles. The van der Waals surface area contributed by atoms with Gasteiger partial charge < -0.3 is 53.2 Å². The van der Waals surface area contributed by atoms with Crippen LogP contribution in [0, 0.1) is 11.6 Å². The molecule has 0 heterocycles. The van der Waals surface area contributed by atoms with E-state index < -0.39 is 53.2 Å². The zero-order chi connectivity index (χ0) is 51.3. The second-order valence-electron chi connectivity index (χ2n) is 13.6. The highest BCUT2D eigenvalue weighted by molar-refractivity contribution is 5.92. The van der Waals surface area contributed by atoms with Gasteiger partial charge in [-0.15, -0.1) is 0 Å². The van der Waals surface area contributed by atoms with Crippen LogP contribution in [0.4, 0.5) is 8.78 Å². The molecular formula is C51H48F2O17. The first-order valence-electron chi connectivity index (χ1n) is 20.8. The Hall–Kier alpha value is -9.00. The minimum absolute atomic E-state index is 0.0857. The van der Waals surface area contributed by atoms with Gasteiger partial charge in [0.15, 0.2) is 23.1 Å². The molecule has 70 heavy (non-hydrogen) atoms. The van der Waals surface area contributed by atoms with Gasteiger partial charge in [-0.1, -0.05) is 19.7 Å². The molecule has 19 heteroatoms. The summed E-state index contributed by atoms with van der Waals surface area (Å²) in [5.41, 5.74) is 0.569. The molecule has 3 N–H and O–H groups in total. The Morgan fingerprint density at radius 1 is 0.457 bits per heavy atom. The van der Waals surface area contributed by atoms with E-state index in [1.807, 2.05) is 0 Å². The summed E-state index contributed by atoms with van der Waals surface area (Å²) in [5, 5.41) is 25.8. The first-order chi connectivity index (χ1) is 33.6. The number of carboxylic acids is 1. The minimum Gasteiger partial charge on any atom is -0.508 e. The molecule has 0 saturated carbocycles. The van der Waals surface area contributed by atoms with Crippen molar-refractivity contribution in [2.75, 3.05) is 39.6 Å². The van der Waals surface area contributed by atoms with Crippen molar-refractivity contribution >= 4 is 35.8 Å². The van der Waals surface area contributed by atoms with Gasteiger partial charge in [0.1, 0.15) is 28.7 Å². The molecule has 0 radical (unpaired) electrons. The van der Waals surface area contributed by atoms with E-state index in [4.69, 9.17) is 53.2 Å². The quantitative estimate of drug-likeness (QED) is 0.0139. The summed E-state index contributed by atoms with van der Waals surface area (Å²) in [6.45, 7) is 11.5. The predicted octanol–water partition coefficient (Wildman–Crippen LogP) is 8.38. The number of rotatable bonds is 23. The second-order valence-corrected chi connectivity index (χ2v) is 13.6. The molecule has 0 bridgehead atoms. The van der Waals surface area contributed by atoms with E-state index in [1.165, 1.54) is 54.6 Å². The fraction of sp³-hybridized carbons (Fsp3) is 0.176. The Labute approximate surface area is 400 Å². The number of ether oxygens (including phenoxy) is 8. The Morgan fingerprint density at radius 2 is 0.843 bits per heavy atom. The van der Waals surface area contributed by atoms with E-state index in [0.717, 1.165) is 36.4 Å². The lowest BCUT2D eigenvalue weighted by Gasteiger charge is -2.10. The largest absolute Gasteiger partial charge is 0.508 e. The molecule has 0 fully saturated rings. The Balaban J connectivity index is 0.000000389. The smallest absolute Gasteiger partial charge is 0.343 e. The molecule has 0 saturated heterocycles. The number of carbonyl (C=O) groups excluding carboxylic acids is 5. The first kappa shape index (κ1) is 55.3. The van der Waals surface area contributed by atoms with Gasteiger partial charge >= 0.3 is 35.8 Å². The van der Waals surface area contributed by atoms with Crippen molar-refractivity contribution in [3.8, 4) is 40.2 Å². The van der Waals surface area contributed by atoms with Crippen LogP contribution in [0.25, 0.3) is 0 Å². The average Bonchev–Trinajstić information content (AvgIpc) is 3.36. The highest BCUT2D eigenvalue weighted by Gasteiger charge is 2.16. The minimum atomic E-state index is -0.974. The van der Waals surface area contributed by atoms with Gasteiger partial charge in [-0.3, -0.25) is 0 Å². The lowest BCUT2D eigenvalue weighted by atomic mass is 10.2. The van der Waals surface area contributed by atoms with Gasteiger partial charge in [-0.2, -0.15) is 0 Å². The molecule has 0 atom stereocenters. The molecule has 0 amide bonds. The molecule has 0 spiro atoms. The van der Waals surface area contributed by atoms with Crippen molar-refractivity contribution in [1.82, 2.24) is 0 Å². The summed E-state index contributed by atoms with van der Waals surface area (Å²) in [4.78, 5) is 68.3. The van der Waals surface area contributed by atoms with Gasteiger partial charge in [-0.05, 0) is 97.1 Å². The van der Waals surface area contributed by atoms with Crippen molar-refractivity contribution in [3.05, 3.63) is 175 Å². The summed E-state index contributed by atoms with van der Waals surface area (Å²) in [6.07, 6.45) is 4.75. The SMILES string of the molecule is C=CC(=O)OCCCOc1ccc(C(=O)O)cc1.C=CC(=O)OCCCOc1ccc(C(=O)Oc2ccc(OC(=O)c3ccc(OCCCOC(=O)C=C)cc3)c(F)c2)cc1.Oc1ccc(O)c(F)c1. The maximum absolute atomic E-state index is 14.6. The van der Waals surface area contributed by atoms with Crippen molar-refractivity contribution in [1.29, 1.82) is 0 Å². The highest BCUT2D eigenvalue weighted by atomic mass is 19.1. The summed E-state index contributed by atoms with van der Waals surface area (Å²) < 4.78 is 68.0. The van der Waals surface area contributed by atoms with Crippen LogP contribution in [-0.4, -0.2) is 90.8 Å². The van der Waals surface area contributed by atoms with Crippen LogP contribution < -0.4 is 23.7 Å². The number of aromatic carboxylic acids is 1. The zero-order valence-corrected chi connectivity index (χ0v) is 37.4. The monoisotopic (exact) mass is 970 g/mol. The number of benzene rings is 5. The highest BCUT2D eigenvalue weighted by Crippen LogP contribution is 2.25. The summed E-state index contributed by atoms with van der Waals surface area (Å²) in [5.74, 6) is -5.21. The number of hydrogen-bond acceptors (Lipinski definition) is 16. The molecule has 5 rings (SSSR count). The van der Waals surface area contributed by atoms with Crippen LogP contribution in [0.2, 0.25) is 0 Å². The summed E-state index contributed by atoms with van der Waals surface area (Å²) >= 11 is 0. The lowest BCUT2D eigenvalue weighted by molar-refractivity contribution is -0.138. The van der Waals surface area contributed by atoms with Crippen LogP contribution >= 0.6 is 0 Å². The molecule has 5 aromatic carbocycles. The standard InChI is InChI=1S/C32H29FO10.C13H14O5.C6H5FO2/c1-3-29(34)40-19-5-17-38-24-11-7-22(8-12-24)31(36)42-26-15-16-28(27(33)21-26)43-32(37)23-9-13-25(14-10-23)39-18-6-20-41-30(35)4-2;1-2-12(14)18-9-3-8-17-11-6-4-10(5-7-11)13(15)16;7-5-3-4(8)1-2-6(5)9/h3-4,7-16,21H,1-2,5-6,17-20H2;2,4-7H,1,3,8-9H2,(H,15,16);1-3,8-9H. The average molecular weight is 971 g/mol. The molecule has 17 nitrogen and oxygen atoms in total. The van der Waals surface area contributed by atoms with Crippen LogP contribution in [0.1, 0.15) is 50.3 Å². The number of esters is 5. The Morgan fingerprint density at radius 3 is 1.20 bits per heavy atom. The number of hydrogen-bond donors (Lipinski definition) is 3. The first-order valence-corrected chi connectivity index (χ1v) is 20.8. The van der Waals surface area contributed by atoms with E-state index in [-0.39, 0.29) is 60.4 Å². The van der Waals surface area contributed by atoms with E-state index in [9.17, 15) is 37.5 Å². The van der Waals surface area contributed by atoms with Crippen molar-refractivity contribution in [3.63, 3.8) is 0 Å². The maximum Gasteiger partial charge on any atom is 0.343 e. The fourth-order valence-electron chi connectivity index (χ4n) is 4.96. The van der Waals surface area contributed by atoms with Crippen molar-refractivity contribution < 1.29 is 90.8 Å². The number of carbonyl (C=O) groups is 6. The predicted molar refractivity (Wildman–Crippen MR) is 246 cm³/mol. The Kier molecular flexibility index (Phi) is 24.0. The molecule has 5 aromatic rings. The molecule has 0 aliphatic heterocycles. The summed E-state index contributed by atoms with van der Waals surface area (Å²) in [6, 6.07) is 24.8. The number of phenols is 2. The van der Waals surface area contributed by atoms with E-state index in [1.54, 1.807) is 36.4 Å². The molecule has 0 aliphatic rings. The van der Waals surface area contributed by atoms with Crippen LogP contribution in [-0.2, 0) is 28.6 Å². The molecular weight excluding hydrogens is 923 g/mol. The zero-order valence-electron chi connectivity index (χ0n) is 37.4. The van der Waals surface area contributed by atoms with E-state index in [0.29, 0.717) is 49.7 Å². The van der Waals surface area contributed by atoms with Crippen LogP contribution in [0.5, 0.6) is 40.2 Å². The second kappa shape index (κ2) is 30.3. The van der Waals surface area contributed by atoms with Gasteiger partial charge in [0.2, 0.25) is 0 Å². The van der Waals surface area contributed by atoms with Gasteiger partial charge in [0.25, 0.3) is 0 Å². The molecule has 0 unspecified atom stereocenters. The lowest BCUT2D eigenvalue weighted by Crippen LogP contribution is -2.11. The topological polar surface area (TPSA) is 237 Å². The number of halogens is 2.